The van der Waals surface area contributed by atoms with Crippen molar-refractivity contribution in [3.05, 3.63) is 30.1 Å². The van der Waals surface area contributed by atoms with Gasteiger partial charge in [0.1, 0.15) is 0 Å². The molecule has 4 nitrogen and oxygen atoms in total. The maximum atomic E-state index is 5.13. The molecule has 0 spiro atoms. The topological polar surface area (TPSA) is 34.6 Å². The Labute approximate surface area is 90.8 Å². The zero-order valence-electron chi connectivity index (χ0n) is 9.51. The van der Waals surface area contributed by atoms with Crippen molar-refractivity contribution in [2.45, 2.75) is 12.8 Å². The van der Waals surface area contributed by atoms with Crippen LogP contribution in [0, 0.1) is 0 Å². The second-order valence-electron chi connectivity index (χ2n) is 3.46. The van der Waals surface area contributed by atoms with Gasteiger partial charge in [0.25, 0.3) is 0 Å². The first-order chi connectivity index (χ1) is 7.26. The van der Waals surface area contributed by atoms with Gasteiger partial charge in [-0.15, -0.1) is 0 Å². The van der Waals surface area contributed by atoms with E-state index in [1.165, 1.54) is 5.56 Å². The number of hydrogen-bond acceptors (Lipinski definition) is 4. The molecule has 0 saturated carbocycles. The summed E-state index contributed by atoms with van der Waals surface area (Å²) in [6.07, 6.45) is 3.47. The fourth-order valence-electron chi connectivity index (χ4n) is 1.37. The smallest absolute Gasteiger partial charge is 0.169 e. The Morgan fingerprint density at radius 3 is 2.67 bits per heavy atom. The van der Waals surface area contributed by atoms with Crippen LogP contribution in [0.2, 0.25) is 0 Å². The van der Waals surface area contributed by atoms with Crippen LogP contribution in [0.15, 0.2) is 24.5 Å². The van der Waals surface area contributed by atoms with Crippen LogP contribution < -0.4 is 0 Å². The molecular weight excluding hydrogens is 192 g/mol. The van der Waals surface area contributed by atoms with Crippen LogP contribution in [-0.4, -0.2) is 44.0 Å². The normalized spacial score (nSPS) is 11.3. The van der Waals surface area contributed by atoms with Gasteiger partial charge in [-0.05, 0) is 18.7 Å². The highest BCUT2D eigenvalue weighted by atomic mass is 16.7. The maximum absolute atomic E-state index is 5.13. The molecule has 0 unspecified atom stereocenters. The van der Waals surface area contributed by atoms with Crippen LogP contribution in [0.5, 0.6) is 0 Å². The second kappa shape index (κ2) is 6.50. The van der Waals surface area contributed by atoms with Gasteiger partial charge in [0.05, 0.1) is 0 Å². The molecule has 0 N–H and O–H groups in total. The van der Waals surface area contributed by atoms with Gasteiger partial charge >= 0.3 is 0 Å². The summed E-state index contributed by atoms with van der Waals surface area (Å²) in [5.41, 5.74) is 1.19. The number of methoxy groups -OCH3 is 2. The Hall–Kier alpha value is -0.970. The van der Waals surface area contributed by atoms with Crippen molar-refractivity contribution in [3.8, 4) is 0 Å². The molecule has 1 rings (SSSR count). The summed E-state index contributed by atoms with van der Waals surface area (Å²) in [4.78, 5) is 6.20. The van der Waals surface area contributed by atoms with Gasteiger partial charge in [-0.25, -0.2) is 0 Å². The lowest BCUT2D eigenvalue weighted by Gasteiger charge is -2.21. The minimum absolute atomic E-state index is 0.174. The van der Waals surface area contributed by atoms with Gasteiger partial charge in [-0.3, -0.25) is 9.88 Å². The van der Waals surface area contributed by atoms with Crippen molar-refractivity contribution in [1.82, 2.24) is 9.88 Å². The first-order valence-corrected chi connectivity index (χ1v) is 4.89. The second-order valence-corrected chi connectivity index (χ2v) is 3.46. The Morgan fingerprint density at radius 1 is 1.40 bits per heavy atom. The molecule has 1 heterocycles. The van der Waals surface area contributed by atoms with E-state index in [-0.39, 0.29) is 6.29 Å². The van der Waals surface area contributed by atoms with Gasteiger partial charge in [0.2, 0.25) is 0 Å². The van der Waals surface area contributed by atoms with Crippen LogP contribution in [0.1, 0.15) is 5.56 Å². The molecule has 84 valence electrons. The van der Waals surface area contributed by atoms with Crippen LogP contribution in [0.25, 0.3) is 0 Å². The number of aromatic nitrogens is 1. The van der Waals surface area contributed by atoms with E-state index in [9.17, 15) is 0 Å². The third-order valence-corrected chi connectivity index (χ3v) is 2.16. The fourth-order valence-corrected chi connectivity index (χ4v) is 1.37. The Morgan fingerprint density at radius 2 is 2.13 bits per heavy atom. The number of hydrogen-bond donors (Lipinski definition) is 0. The third kappa shape index (κ3) is 4.38. The molecule has 0 bridgehead atoms. The molecule has 0 atom stereocenters. The van der Waals surface area contributed by atoms with Crippen LogP contribution >= 0.6 is 0 Å². The average Bonchev–Trinajstić information content (AvgIpc) is 2.27. The highest BCUT2D eigenvalue weighted by Gasteiger charge is 2.09. The standard InChI is InChI=1S/C11H18N2O2/c1-13(9-11(14-2)15-3)8-10-5-4-6-12-7-10/h4-7,11H,8-9H2,1-3H3. The van der Waals surface area contributed by atoms with Crippen LogP contribution in [0.3, 0.4) is 0 Å². The van der Waals surface area contributed by atoms with E-state index in [1.807, 2.05) is 19.3 Å². The molecule has 0 radical (unpaired) electrons. The van der Waals surface area contributed by atoms with E-state index in [0.717, 1.165) is 13.1 Å². The lowest BCUT2D eigenvalue weighted by molar-refractivity contribution is -0.114. The highest BCUT2D eigenvalue weighted by molar-refractivity contribution is 5.07. The summed E-state index contributed by atoms with van der Waals surface area (Å²) in [6.45, 7) is 1.58. The van der Waals surface area contributed by atoms with E-state index < -0.39 is 0 Å². The molecule has 0 aliphatic rings. The largest absolute Gasteiger partial charge is 0.355 e. The third-order valence-electron chi connectivity index (χ3n) is 2.16. The van der Waals surface area contributed by atoms with Crippen molar-refractivity contribution in [2.75, 3.05) is 27.8 Å². The number of nitrogens with zero attached hydrogens (tertiary/aromatic N) is 2. The van der Waals surface area contributed by atoms with E-state index in [2.05, 4.69) is 16.0 Å². The van der Waals surface area contributed by atoms with Gasteiger partial charge in [0.15, 0.2) is 6.29 Å². The molecule has 0 saturated heterocycles. The van der Waals surface area contributed by atoms with E-state index in [0.29, 0.717) is 0 Å². The zero-order chi connectivity index (χ0) is 11.1. The predicted octanol–water partition coefficient (Wildman–Crippen LogP) is 1.13. The molecule has 0 aliphatic carbocycles. The average molecular weight is 210 g/mol. The Kier molecular flexibility index (Phi) is 5.25. The SMILES string of the molecule is COC(CN(C)Cc1cccnc1)OC. The van der Waals surface area contributed by atoms with E-state index >= 15 is 0 Å². The van der Waals surface area contributed by atoms with Gasteiger partial charge in [0, 0.05) is 39.7 Å². The van der Waals surface area contributed by atoms with Crippen molar-refractivity contribution < 1.29 is 9.47 Å². The monoisotopic (exact) mass is 210 g/mol. The maximum Gasteiger partial charge on any atom is 0.169 e. The lowest BCUT2D eigenvalue weighted by atomic mass is 10.3. The van der Waals surface area contributed by atoms with Crippen molar-refractivity contribution in [3.63, 3.8) is 0 Å². The van der Waals surface area contributed by atoms with Crippen LogP contribution in [-0.2, 0) is 16.0 Å². The van der Waals surface area contributed by atoms with E-state index in [4.69, 9.17) is 9.47 Å². The molecule has 1 aromatic rings. The number of ether oxygens (including phenoxy) is 2. The fraction of sp³-hybridized carbons (Fsp3) is 0.545. The summed E-state index contributed by atoms with van der Waals surface area (Å²) in [6, 6.07) is 3.99. The lowest BCUT2D eigenvalue weighted by Crippen LogP contribution is -2.31. The summed E-state index contributed by atoms with van der Waals surface area (Å²) in [5, 5.41) is 0. The quantitative estimate of drug-likeness (QED) is 0.659. The van der Waals surface area contributed by atoms with E-state index in [1.54, 1.807) is 20.4 Å². The number of pyridine rings is 1. The predicted molar refractivity (Wildman–Crippen MR) is 58.4 cm³/mol. The summed E-state index contributed by atoms with van der Waals surface area (Å²) >= 11 is 0. The molecule has 0 fully saturated rings. The number of likely N-dealkylation sites (N-methyl/N-ethyl adjacent to an activating group) is 1. The minimum Gasteiger partial charge on any atom is -0.355 e. The molecule has 1 aromatic heterocycles. The minimum atomic E-state index is -0.174. The van der Waals surface area contributed by atoms with Crippen molar-refractivity contribution >= 4 is 0 Å². The Balaban J connectivity index is 2.39. The molecule has 15 heavy (non-hydrogen) atoms. The van der Waals surface area contributed by atoms with Crippen LogP contribution in [0.4, 0.5) is 0 Å². The van der Waals surface area contributed by atoms with Gasteiger partial charge < -0.3 is 9.47 Å². The first kappa shape index (κ1) is 12.1. The van der Waals surface area contributed by atoms with Crippen molar-refractivity contribution in [2.24, 2.45) is 0 Å². The first-order valence-electron chi connectivity index (χ1n) is 4.89. The summed E-state index contributed by atoms with van der Waals surface area (Å²) in [5.74, 6) is 0. The summed E-state index contributed by atoms with van der Waals surface area (Å²) in [7, 11) is 5.32. The Bertz CT molecular complexity index is 263. The van der Waals surface area contributed by atoms with Gasteiger partial charge in [-0.2, -0.15) is 0 Å². The number of rotatable bonds is 6. The molecule has 4 heteroatoms. The molecular formula is C11H18N2O2. The van der Waals surface area contributed by atoms with Crippen molar-refractivity contribution in [1.29, 1.82) is 0 Å². The molecule has 0 aliphatic heterocycles. The van der Waals surface area contributed by atoms with Gasteiger partial charge in [-0.1, -0.05) is 6.07 Å². The highest BCUT2D eigenvalue weighted by Crippen LogP contribution is 2.02. The zero-order valence-corrected chi connectivity index (χ0v) is 9.51. The molecule has 0 aromatic carbocycles. The summed E-state index contributed by atoms with van der Waals surface area (Å²) < 4.78 is 10.3. The molecule has 0 amide bonds.